The number of hydrogen-bond acceptors (Lipinski definition) is 9. The largest absolute Gasteiger partial charge is 0.465 e. The Hall–Kier alpha value is -2.20. The maximum Gasteiger partial charge on any atom is 0.323 e. The minimum absolute atomic E-state index is 0.0504. The van der Waals surface area contributed by atoms with E-state index in [0.29, 0.717) is 22.5 Å². The van der Waals surface area contributed by atoms with Gasteiger partial charge in [0, 0.05) is 4.88 Å². The number of nitrogens with zero attached hydrogens (tertiary/aromatic N) is 1. The summed E-state index contributed by atoms with van der Waals surface area (Å²) in [4.78, 5) is 30.9. The van der Waals surface area contributed by atoms with E-state index in [0.717, 1.165) is 11.3 Å². The number of carbonyl (C=O) groups excluding carboxylic acids is 2. The van der Waals surface area contributed by atoms with Crippen molar-refractivity contribution >= 4 is 41.4 Å². The summed E-state index contributed by atoms with van der Waals surface area (Å²) in [6.07, 6.45) is 0.755. The van der Waals surface area contributed by atoms with Crippen LogP contribution in [0.25, 0.3) is 11.5 Å². The lowest BCUT2D eigenvalue weighted by atomic mass is 10.1. The Morgan fingerprint density at radius 2 is 1.51 bits per heavy atom. The Kier molecular flexibility index (Phi) is 11.4. The van der Waals surface area contributed by atoms with Gasteiger partial charge in [0.05, 0.1) is 13.2 Å². The molecular formula is C25H41N4O6PS. The van der Waals surface area contributed by atoms with E-state index in [1.54, 1.807) is 26.0 Å². The number of rotatable bonds is 14. The van der Waals surface area contributed by atoms with E-state index in [-0.39, 0.29) is 30.6 Å². The molecule has 0 saturated heterocycles. The molecule has 0 fully saturated rings. The summed E-state index contributed by atoms with van der Waals surface area (Å²) < 4.78 is 31.1. The second-order valence-corrected chi connectivity index (χ2v) is 13.2. The van der Waals surface area contributed by atoms with E-state index >= 15 is 0 Å². The molecule has 10 nitrogen and oxygen atoms in total. The molecule has 2 aromatic heterocycles. The van der Waals surface area contributed by atoms with Crippen LogP contribution in [0.2, 0.25) is 0 Å². The molecule has 0 aromatic carbocycles. The number of nitrogen functional groups attached to an aromatic ring is 1. The van der Waals surface area contributed by atoms with Crippen LogP contribution in [-0.4, -0.2) is 42.2 Å². The van der Waals surface area contributed by atoms with Gasteiger partial charge in [-0.1, -0.05) is 41.5 Å². The monoisotopic (exact) mass is 556 g/mol. The van der Waals surface area contributed by atoms with Crippen molar-refractivity contribution in [3.8, 4) is 11.5 Å². The number of thiazole rings is 1. The summed E-state index contributed by atoms with van der Waals surface area (Å²) in [5.74, 6) is -0.850. The highest BCUT2D eigenvalue weighted by molar-refractivity contribution is 7.67. The summed E-state index contributed by atoms with van der Waals surface area (Å²) in [6, 6.07) is 1.39. The van der Waals surface area contributed by atoms with Crippen LogP contribution in [0.1, 0.15) is 60.3 Å². The molecule has 0 unspecified atom stereocenters. The lowest BCUT2D eigenvalue weighted by Gasteiger charge is -2.30. The standard InChI is InChI=1S/C25H41N4O6PS/c1-9-33-23(30)20(15(5)6)28-36(32,29-21(16(7)8)24(31)34-10-2)19-12-11-17(35-19)22-18(13-14(3)4)37-25(26)27-22/h11-12,14-16,20-21H,9-10,13H2,1-8H3,(H2,26,27)(H2,28,29,32)/t20-,21-/m0/s1. The summed E-state index contributed by atoms with van der Waals surface area (Å²) in [6.45, 7) is 15.2. The molecular weight excluding hydrogens is 515 g/mol. The van der Waals surface area contributed by atoms with Crippen LogP contribution < -0.4 is 21.4 Å². The van der Waals surface area contributed by atoms with E-state index < -0.39 is 31.5 Å². The molecule has 12 heteroatoms. The van der Waals surface area contributed by atoms with Crippen LogP contribution in [0, 0.1) is 17.8 Å². The topological polar surface area (TPSA) is 146 Å². The van der Waals surface area contributed by atoms with Gasteiger partial charge in [-0.15, -0.1) is 11.3 Å². The molecule has 0 saturated carbocycles. The number of ether oxygens (including phenoxy) is 2. The summed E-state index contributed by atoms with van der Waals surface area (Å²) >= 11 is 1.39. The molecule has 37 heavy (non-hydrogen) atoms. The molecule has 2 aromatic rings. The Labute approximate surface area is 223 Å². The lowest BCUT2D eigenvalue weighted by molar-refractivity contribution is -0.146. The lowest BCUT2D eigenvalue weighted by Crippen LogP contribution is -2.49. The molecule has 0 radical (unpaired) electrons. The first-order valence-electron chi connectivity index (χ1n) is 12.7. The van der Waals surface area contributed by atoms with Crippen molar-refractivity contribution in [1.82, 2.24) is 15.2 Å². The van der Waals surface area contributed by atoms with Gasteiger partial charge in [-0.3, -0.25) is 14.2 Å². The van der Waals surface area contributed by atoms with Crippen LogP contribution in [0.4, 0.5) is 5.13 Å². The SMILES string of the molecule is CCOC(=O)[C@@H](NP(=O)(N[C@H](C(=O)OCC)C(C)C)c1ccc(-c2nc(N)sc2CC(C)C)o1)C(C)C. The van der Waals surface area contributed by atoms with Crippen molar-refractivity contribution in [2.24, 2.45) is 17.8 Å². The van der Waals surface area contributed by atoms with Crippen molar-refractivity contribution in [2.45, 2.75) is 73.9 Å². The molecule has 2 atom stereocenters. The highest BCUT2D eigenvalue weighted by Gasteiger charge is 2.40. The van der Waals surface area contributed by atoms with Crippen LogP contribution in [0.5, 0.6) is 0 Å². The zero-order chi connectivity index (χ0) is 27.9. The predicted octanol–water partition coefficient (Wildman–Crippen LogP) is 4.36. The number of nitrogens with one attached hydrogen (secondary N) is 2. The van der Waals surface area contributed by atoms with Crippen LogP contribution >= 0.6 is 18.8 Å². The number of furan rings is 1. The number of nitrogens with two attached hydrogens (primary N) is 1. The molecule has 4 N–H and O–H groups in total. The molecule has 0 aliphatic heterocycles. The van der Waals surface area contributed by atoms with E-state index in [1.807, 2.05) is 27.7 Å². The van der Waals surface area contributed by atoms with Gasteiger partial charge in [0.1, 0.15) is 17.8 Å². The van der Waals surface area contributed by atoms with Gasteiger partial charge in [0.15, 0.2) is 16.4 Å². The van der Waals surface area contributed by atoms with E-state index in [4.69, 9.17) is 19.6 Å². The van der Waals surface area contributed by atoms with Crippen molar-refractivity contribution < 1.29 is 28.0 Å². The fraction of sp³-hybridized carbons (Fsp3) is 0.640. The molecule has 208 valence electrons. The van der Waals surface area contributed by atoms with E-state index in [2.05, 4.69) is 29.0 Å². The number of esters is 2. The zero-order valence-corrected chi connectivity index (χ0v) is 24.7. The smallest absolute Gasteiger partial charge is 0.323 e. The summed E-state index contributed by atoms with van der Waals surface area (Å²) in [7, 11) is -3.91. The average molecular weight is 557 g/mol. The number of aromatic nitrogens is 1. The molecule has 2 rings (SSSR count). The highest BCUT2D eigenvalue weighted by Crippen LogP contribution is 2.41. The number of anilines is 1. The first-order valence-corrected chi connectivity index (χ1v) is 15.2. The average Bonchev–Trinajstić information content (AvgIpc) is 3.42. The molecule has 0 aliphatic rings. The van der Waals surface area contributed by atoms with E-state index in [9.17, 15) is 14.2 Å². The van der Waals surface area contributed by atoms with Gasteiger partial charge in [0.25, 0.3) is 7.44 Å². The Balaban J connectivity index is 2.58. The van der Waals surface area contributed by atoms with Crippen molar-refractivity contribution in [3.05, 3.63) is 17.0 Å². The molecule has 0 bridgehead atoms. The first kappa shape index (κ1) is 31.0. The Morgan fingerprint density at radius 3 is 1.95 bits per heavy atom. The summed E-state index contributed by atoms with van der Waals surface area (Å²) in [5, 5.41) is 6.32. The van der Waals surface area contributed by atoms with E-state index in [1.165, 1.54) is 11.3 Å². The fourth-order valence-corrected chi connectivity index (χ4v) is 7.14. The third-order valence-electron chi connectivity index (χ3n) is 5.50. The Morgan fingerprint density at radius 1 is 1.00 bits per heavy atom. The second kappa shape index (κ2) is 13.6. The van der Waals surface area contributed by atoms with Crippen molar-refractivity contribution in [1.29, 1.82) is 0 Å². The van der Waals surface area contributed by atoms with Crippen molar-refractivity contribution in [2.75, 3.05) is 18.9 Å². The Bertz CT molecular complexity index is 1060. The van der Waals surface area contributed by atoms with Gasteiger partial charge in [-0.25, -0.2) is 15.2 Å². The van der Waals surface area contributed by atoms with Gasteiger partial charge >= 0.3 is 11.9 Å². The summed E-state index contributed by atoms with van der Waals surface area (Å²) in [5.41, 5.74) is 6.63. The molecule has 2 heterocycles. The maximum atomic E-state index is 14.6. The first-order chi connectivity index (χ1) is 17.3. The fourth-order valence-electron chi connectivity index (χ4n) is 3.66. The third-order valence-corrected chi connectivity index (χ3v) is 8.55. The molecule has 0 aliphatic carbocycles. The predicted molar refractivity (Wildman–Crippen MR) is 147 cm³/mol. The molecule has 0 spiro atoms. The zero-order valence-electron chi connectivity index (χ0n) is 23.0. The number of hydrogen-bond donors (Lipinski definition) is 3. The quantitative estimate of drug-likeness (QED) is 0.227. The third kappa shape index (κ3) is 8.14. The van der Waals surface area contributed by atoms with Crippen molar-refractivity contribution in [3.63, 3.8) is 0 Å². The van der Waals surface area contributed by atoms with Gasteiger partial charge in [-0.2, -0.15) is 0 Å². The van der Waals surface area contributed by atoms with Gasteiger partial charge < -0.3 is 19.6 Å². The van der Waals surface area contributed by atoms with Gasteiger partial charge in [-0.05, 0) is 50.2 Å². The maximum absolute atomic E-state index is 14.6. The normalized spacial score (nSPS) is 13.8. The van der Waals surface area contributed by atoms with Crippen LogP contribution in [0.3, 0.4) is 0 Å². The highest BCUT2D eigenvalue weighted by atomic mass is 32.1. The van der Waals surface area contributed by atoms with Crippen LogP contribution in [-0.2, 0) is 30.0 Å². The van der Waals surface area contributed by atoms with Gasteiger partial charge in [0.2, 0.25) is 0 Å². The minimum Gasteiger partial charge on any atom is -0.465 e. The number of carbonyl (C=O) groups is 2. The minimum atomic E-state index is -3.91. The van der Waals surface area contributed by atoms with Crippen LogP contribution in [0.15, 0.2) is 16.5 Å². The molecule has 0 amide bonds. The second-order valence-electron chi connectivity index (χ2n) is 9.87.